The van der Waals surface area contributed by atoms with Crippen LogP contribution in [0.5, 0.6) is 17.2 Å². The van der Waals surface area contributed by atoms with E-state index in [2.05, 4.69) is 5.32 Å². The average molecular weight is 418 g/mol. The number of benzene rings is 2. The van der Waals surface area contributed by atoms with Gasteiger partial charge in [-0.15, -0.1) is 0 Å². The van der Waals surface area contributed by atoms with Crippen LogP contribution in [0, 0.1) is 5.92 Å². The second-order valence-corrected chi connectivity index (χ2v) is 7.31. The van der Waals surface area contributed by atoms with Crippen LogP contribution in [0.3, 0.4) is 0 Å². The molecule has 0 spiro atoms. The highest BCUT2D eigenvalue weighted by Crippen LogP contribution is 2.31. The molecule has 0 aromatic heterocycles. The first-order chi connectivity index (χ1) is 14.1. The number of carbonyl (C=O) groups is 2. The van der Waals surface area contributed by atoms with Crippen LogP contribution in [0.4, 0.5) is 0 Å². The molecule has 2 aliphatic rings. The Balaban J connectivity index is 1.20. The van der Waals surface area contributed by atoms with Gasteiger partial charge in [0.05, 0.1) is 12.5 Å². The summed E-state index contributed by atoms with van der Waals surface area (Å²) in [6.07, 6.45) is 0.153. The van der Waals surface area contributed by atoms with Crippen molar-refractivity contribution in [1.29, 1.82) is 0 Å². The fourth-order valence-corrected chi connectivity index (χ4v) is 3.41. The maximum absolute atomic E-state index is 12.3. The highest BCUT2D eigenvalue weighted by molar-refractivity contribution is 6.30. The van der Waals surface area contributed by atoms with Crippen molar-refractivity contribution in [3.8, 4) is 17.2 Å². The van der Waals surface area contributed by atoms with E-state index in [0.717, 1.165) is 5.56 Å². The molecule has 0 saturated carbocycles. The summed E-state index contributed by atoms with van der Waals surface area (Å²) in [5.74, 6) is 0.689. The number of para-hydroxylation sites is 2. The second-order valence-electron chi connectivity index (χ2n) is 6.87. The Kier molecular flexibility index (Phi) is 5.76. The number of halogens is 1. The largest absolute Gasteiger partial charge is 0.492 e. The van der Waals surface area contributed by atoms with E-state index < -0.39 is 17.8 Å². The van der Waals surface area contributed by atoms with Crippen molar-refractivity contribution in [2.75, 3.05) is 26.4 Å². The molecule has 0 fully saturated rings. The summed E-state index contributed by atoms with van der Waals surface area (Å²) < 4.78 is 22.1. The van der Waals surface area contributed by atoms with Gasteiger partial charge in [0.1, 0.15) is 25.1 Å². The molecular weight excluding hydrogens is 398 g/mol. The first-order valence-corrected chi connectivity index (χ1v) is 9.69. The molecule has 152 valence electrons. The van der Waals surface area contributed by atoms with Crippen molar-refractivity contribution in [3.05, 3.63) is 53.1 Å². The smallest absolute Gasteiger partial charge is 0.313 e. The van der Waals surface area contributed by atoms with Crippen molar-refractivity contribution in [2.24, 2.45) is 5.92 Å². The SMILES string of the molecule is O=C(COC(=O)[C@@H]1COc2ccc(Cl)cc2C1)NC[C@@H]1COc2ccccc2O1. The van der Waals surface area contributed by atoms with E-state index in [1.807, 2.05) is 24.3 Å². The number of esters is 1. The number of ether oxygens (including phenoxy) is 4. The lowest BCUT2D eigenvalue weighted by Gasteiger charge is -2.26. The highest BCUT2D eigenvalue weighted by Gasteiger charge is 2.28. The summed E-state index contributed by atoms with van der Waals surface area (Å²) >= 11 is 5.99. The van der Waals surface area contributed by atoms with Crippen LogP contribution in [0.15, 0.2) is 42.5 Å². The number of carbonyl (C=O) groups excluding carboxylic acids is 2. The lowest BCUT2D eigenvalue weighted by molar-refractivity contribution is -0.154. The molecule has 8 heteroatoms. The van der Waals surface area contributed by atoms with Gasteiger partial charge in [-0.05, 0) is 42.3 Å². The molecular formula is C21H20ClNO6. The van der Waals surface area contributed by atoms with Gasteiger partial charge < -0.3 is 24.3 Å². The number of hydrogen-bond donors (Lipinski definition) is 1. The molecule has 2 aliphatic heterocycles. The van der Waals surface area contributed by atoms with Gasteiger partial charge >= 0.3 is 5.97 Å². The van der Waals surface area contributed by atoms with Gasteiger partial charge in [0.2, 0.25) is 0 Å². The number of nitrogens with one attached hydrogen (secondary N) is 1. The highest BCUT2D eigenvalue weighted by atomic mass is 35.5. The lowest BCUT2D eigenvalue weighted by atomic mass is 9.97. The van der Waals surface area contributed by atoms with E-state index in [1.165, 1.54) is 0 Å². The molecule has 0 radical (unpaired) electrons. The predicted octanol–water partition coefficient (Wildman–Crippen LogP) is 2.39. The Morgan fingerprint density at radius 3 is 2.72 bits per heavy atom. The van der Waals surface area contributed by atoms with Crippen LogP contribution in [0.25, 0.3) is 0 Å². The van der Waals surface area contributed by atoms with Crippen LogP contribution in [-0.2, 0) is 20.7 Å². The molecule has 4 rings (SSSR count). The Morgan fingerprint density at radius 1 is 1.07 bits per heavy atom. The molecule has 0 bridgehead atoms. The molecule has 1 N–H and O–H groups in total. The maximum Gasteiger partial charge on any atom is 0.313 e. The molecule has 2 aromatic carbocycles. The van der Waals surface area contributed by atoms with E-state index in [4.69, 9.17) is 30.5 Å². The van der Waals surface area contributed by atoms with E-state index in [-0.39, 0.29) is 25.9 Å². The van der Waals surface area contributed by atoms with Crippen molar-refractivity contribution in [3.63, 3.8) is 0 Å². The van der Waals surface area contributed by atoms with Crippen molar-refractivity contribution >= 4 is 23.5 Å². The summed E-state index contributed by atoms with van der Waals surface area (Å²) in [4.78, 5) is 24.3. The number of hydrogen-bond acceptors (Lipinski definition) is 6. The van der Waals surface area contributed by atoms with Gasteiger partial charge in [-0.25, -0.2) is 0 Å². The molecule has 1 amide bonds. The van der Waals surface area contributed by atoms with Crippen LogP contribution in [-0.4, -0.2) is 44.3 Å². The van der Waals surface area contributed by atoms with E-state index in [1.54, 1.807) is 18.2 Å². The third-order valence-electron chi connectivity index (χ3n) is 4.70. The number of amides is 1. The van der Waals surface area contributed by atoms with Crippen molar-refractivity contribution in [2.45, 2.75) is 12.5 Å². The van der Waals surface area contributed by atoms with Gasteiger partial charge in [0.15, 0.2) is 18.1 Å². The van der Waals surface area contributed by atoms with E-state index >= 15 is 0 Å². The van der Waals surface area contributed by atoms with E-state index in [0.29, 0.717) is 35.3 Å². The summed E-state index contributed by atoms with van der Waals surface area (Å²) in [7, 11) is 0. The summed E-state index contributed by atoms with van der Waals surface area (Å²) in [6, 6.07) is 12.6. The van der Waals surface area contributed by atoms with Gasteiger partial charge in [0, 0.05) is 5.02 Å². The minimum Gasteiger partial charge on any atom is -0.492 e. The molecule has 2 atom stereocenters. The van der Waals surface area contributed by atoms with Crippen molar-refractivity contribution in [1.82, 2.24) is 5.32 Å². The minimum atomic E-state index is -0.475. The zero-order valence-corrected chi connectivity index (χ0v) is 16.3. The van der Waals surface area contributed by atoms with Crippen LogP contribution in [0.1, 0.15) is 5.56 Å². The van der Waals surface area contributed by atoms with Crippen LogP contribution < -0.4 is 19.5 Å². The molecule has 0 saturated heterocycles. The maximum atomic E-state index is 12.3. The Hall–Kier alpha value is -2.93. The Morgan fingerprint density at radius 2 is 1.86 bits per heavy atom. The summed E-state index contributed by atoms with van der Waals surface area (Å²) in [6.45, 7) is 0.436. The molecule has 2 heterocycles. The number of fused-ring (bicyclic) bond motifs is 2. The summed E-state index contributed by atoms with van der Waals surface area (Å²) in [5.41, 5.74) is 0.852. The quantitative estimate of drug-likeness (QED) is 0.752. The van der Waals surface area contributed by atoms with Crippen LogP contribution >= 0.6 is 11.6 Å². The first kappa shape index (κ1) is 19.4. The number of rotatable bonds is 5. The average Bonchev–Trinajstić information content (AvgIpc) is 2.75. The zero-order valence-electron chi connectivity index (χ0n) is 15.6. The summed E-state index contributed by atoms with van der Waals surface area (Å²) in [5, 5.41) is 3.28. The molecule has 2 aromatic rings. The normalized spacial score (nSPS) is 19.5. The fraction of sp³-hybridized carbons (Fsp3) is 0.333. The fourth-order valence-electron chi connectivity index (χ4n) is 3.21. The Bertz CT molecular complexity index is 918. The molecule has 7 nitrogen and oxygen atoms in total. The topological polar surface area (TPSA) is 83.1 Å². The zero-order chi connectivity index (χ0) is 20.2. The monoisotopic (exact) mass is 417 g/mol. The van der Waals surface area contributed by atoms with E-state index in [9.17, 15) is 9.59 Å². The first-order valence-electron chi connectivity index (χ1n) is 9.31. The third kappa shape index (κ3) is 4.74. The Labute approximate surface area is 172 Å². The van der Waals surface area contributed by atoms with Gasteiger partial charge in [-0.1, -0.05) is 23.7 Å². The predicted molar refractivity (Wildman–Crippen MR) is 104 cm³/mol. The lowest BCUT2D eigenvalue weighted by Crippen LogP contribution is -2.42. The van der Waals surface area contributed by atoms with Gasteiger partial charge in [-0.2, -0.15) is 0 Å². The minimum absolute atomic E-state index is 0.210. The molecule has 0 aliphatic carbocycles. The third-order valence-corrected chi connectivity index (χ3v) is 4.94. The standard InChI is InChI=1S/C21H20ClNO6/c22-15-5-6-17-13(8-15)7-14(10-26-17)21(25)28-12-20(24)23-9-16-11-27-18-3-1-2-4-19(18)29-16/h1-6,8,14,16H,7,9-12H2,(H,23,24)/t14-,16+/m0/s1. The molecule has 0 unspecified atom stereocenters. The molecule has 29 heavy (non-hydrogen) atoms. The van der Waals surface area contributed by atoms with Gasteiger partial charge in [0.25, 0.3) is 5.91 Å². The second kappa shape index (κ2) is 8.61. The van der Waals surface area contributed by atoms with Crippen LogP contribution in [0.2, 0.25) is 5.02 Å². The van der Waals surface area contributed by atoms with Crippen molar-refractivity contribution < 1.29 is 28.5 Å². The van der Waals surface area contributed by atoms with Gasteiger partial charge in [-0.3, -0.25) is 9.59 Å².